The fraction of sp³-hybridized carbons (Fsp3) is 0.818. The van der Waals surface area contributed by atoms with Gasteiger partial charge in [0.25, 0.3) is 0 Å². The molecule has 1 heterocycles. The molecule has 5 heteroatoms. The first-order valence-electron chi connectivity index (χ1n) is 5.89. The maximum atomic E-state index is 12.0. The highest BCUT2D eigenvalue weighted by molar-refractivity contribution is 5.82. The van der Waals surface area contributed by atoms with Gasteiger partial charge >= 0.3 is 5.97 Å². The summed E-state index contributed by atoms with van der Waals surface area (Å²) in [5.74, 6) is -0.790. The summed E-state index contributed by atoms with van der Waals surface area (Å²) in [6.45, 7) is 4.38. The monoisotopic (exact) mass is 228 g/mol. The molecular weight excluding hydrogens is 208 g/mol. The van der Waals surface area contributed by atoms with E-state index in [1.54, 1.807) is 0 Å². The summed E-state index contributed by atoms with van der Waals surface area (Å²) in [6, 6.07) is -0.315. The Balaban J connectivity index is 2.53. The molecule has 1 unspecified atom stereocenters. The van der Waals surface area contributed by atoms with Crippen molar-refractivity contribution in [2.24, 2.45) is 0 Å². The number of amides is 1. The summed E-state index contributed by atoms with van der Waals surface area (Å²) in [5, 5.41) is 11.7. The van der Waals surface area contributed by atoms with E-state index in [0.717, 1.165) is 32.5 Å². The van der Waals surface area contributed by atoms with E-state index in [1.807, 2.05) is 11.8 Å². The van der Waals surface area contributed by atoms with Gasteiger partial charge in [0, 0.05) is 19.5 Å². The minimum Gasteiger partial charge on any atom is -0.481 e. The second kappa shape index (κ2) is 6.48. The summed E-state index contributed by atoms with van der Waals surface area (Å²) < 4.78 is 0. The standard InChI is InChI=1S/C11H20N2O3/c1-2-7-13-8-3-6-12-9(11(13)16)4-5-10(14)15/h9,12H,2-8H2,1H3,(H,14,15). The molecule has 0 spiro atoms. The lowest BCUT2D eigenvalue weighted by Gasteiger charge is -2.23. The molecule has 2 N–H and O–H groups in total. The lowest BCUT2D eigenvalue weighted by Crippen LogP contribution is -2.44. The fourth-order valence-corrected chi connectivity index (χ4v) is 1.95. The van der Waals surface area contributed by atoms with Crippen LogP contribution in [0.2, 0.25) is 0 Å². The lowest BCUT2D eigenvalue weighted by atomic mass is 10.1. The van der Waals surface area contributed by atoms with Crippen molar-refractivity contribution in [2.75, 3.05) is 19.6 Å². The van der Waals surface area contributed by atoms with Gasteiger partial charge in [-0.1, -0.05) is 6.92 Å². The number of hydrogen-bond acceptors (Lipinski definition) is 3. The SMILES string of the molecule is CCCN1CCCNC(CCC(=O)O)C1=O. The summed E-state index contributed by atoms with van der Waals surface area (Å²) >= 11 is 0. The number of carbonyl (C=O) groups excluding carboxylic acids is 1. The third-order valence-corrected chi connectivity index (χ3v) is 2.75. The van der Waals surface area contributed by atoms with Crippen LogP contribution in [0.15, 0.2) is 0 Å². The van der Waals surface area contributed by atoms with Gasteiger partial charge in [0.1, 0.15) is 0 Å². The van der Waals surface area contributed by atoms with Crippen molar-refractivity contribution in [1.82, 2.24) is 10.2 Å². The molecule has 1 aliphatic rings. The molecule has 0 aliphatic carbocycles. The average molecular weight is 228 g/mol. The first-order valence-corrected chi connectivity index (χ1v) is 5.89. The first kappa shape index (κ1) is 13.0. The van der Waals surface area contributed by atoms with E-state index in [4.69, 9.17) is 5.11 Å². The molecule has 5 nitrogen and oxygen atoms in total. The number of nitrogens with zero attached hydrogens (tertiary/aromatic N) is 1. The van der Waals surface area contributed by atoms with E-state index < -0.39 is 5.97 Å². The van der Waals surface area contributed by atoms with Gasteiger partial charge in [0.2, 0.25) is 5.91 Å². The van der Waals surface area contributed by atoms with E-state index in [0.29, 0.717) is 6.42 Å². The van der Waals surface area contributed by atoms with Gasteiger partial charge in [0.15, 0.2) is 0 Å². The molecule has 1 aliphatic heterocycles. The number of carboxylic acids is 1. The van der Waals surface area contributed by atoms with Crippen LogP contribution >= 0.6 is 0 Å². The number of carbonyl (C=O) groups is 2. The Kier molecular flexibility index (Phi) is 5.25. The quantitative estimate of drug-likeness (QED) is 0.717. The van der Waals surface area contributed by atoms with Gasteiger partial charge in [-0.25, -0.2) is 0 Å². The third-order valence-electron chi connectivity index (χ3n) is 2.75. The number of hydrogen-bond donors (Lipinski definition) is 2. The number of carboxylic acid groups (broad SMARTS) is 1. The van der Waals surface area contributed by atoms with E-state index in [2.05, 4.69) is 5.32 Å². The van der Waals surface area contributed by atoms with Crippen molar-refractivity contribution in [1.29, 1.82) is 0 Å². The number of nitrogens with one attached hydrogen (secondary N) is 1. The Morgan fingerprint density at radius 1 is 1.62 bits per heavy atom. The maximum absolute atomic E-state index is 12.0. The zero-order valence-electron chi connectivity index (χ0n) is 9.74. The van der Waals surface area contributed by atoms with Crippen molar-refractivity contribution < 1.29 is 14.7 Å². The smallest absolute Gasteiger partial charge is 0.303 e. The fourth-order valence-electron chi connectivity index (χ4n) is 1.95. The number of rotatable bonds is 5. The number of aliphatic carboxylic acids is 1. The Morgan fingerprint density at radius 2 is 2.38 bits per heavy atom. The molecule has 16 heavy (non-hydrogen) atoms. The van der Waals surface area contributed by atoms with Crippen LogP contribution in [0.4, 0.5) is 0 Å². The Labute approximate surface area is 95.8 Å². The van der Waals surface area contributed by atoms with Crippen LogP contribution < -0.4 is 5.32 Å². The molecule has 0 bridgehead atoms. The summed E-state index contributed by atoms with van der Waals surface area (Å²) in [4.78, 5) is 24.3. The Hall–Kier alpha value is -1.10. The lowest BCUT2D eigenvalue weighted by molar-refractivity contribution is -0.137. The largest absolute Gasteiger partial charge is 0.481 e. The van der Waals surface area contributed by atoms with Gasteiger partial charge < -0.3 is 15.3 Å². The highest BCUT2D eigenvalue weighted by Crippen LogP contribution is 2.08. The molecule has 1 atom stereocenters. The van der Waals surface area contributed by atoms with Gasteiger partial charge in [-0.2, -0.15) is 0 Å². The van der Waals surface area contributed by atoms with Crippen LogP contribution in [0.1, 0.15) is 32.6 Å². The van der Waals surface area contributed by atoms with Crippen molar-refractivity contribution in [3.05, 3.63) is 0 Å². The zero-order chi connectivity index (χ0) is 12.0. The molecule has 1 amide bonds. The van der Waals surface area contributed by atoms with Crippen LogP contribution in [0, 0.1) is 0 Å². The molecule has 0 radical (unpaired) electrons. The van der Waals surface area contributed by atoms with Crippen LogP contribution in [-0.4, -0.2) is 47.6 Å². The molecule has 92 valence electrons. The van der Waals surface area contributed by atoms with Crippen LogP contribution in [0.25, 0.3) is 0 Å². The summed E-state index contributed by atoms with van der Waals surface area (Å²) in [6.07, 6.45) is 2.31. The predicted octanol–water partition coefficient (Wildman–Crippen LogP) is 0.452. The molecule has 0 saturated carbocycles. The second-order valence-electron chi connectivity index (χ2n) is 4.12. The molecule has 1 saturated heterocycles. The summed E-state index contributed by atoms with van der Waals surface area (Å²) in [5.41, 5.74) is 0. The maximum Gasteiger partial charge on any atom is 0.303 e. The van der Waals surface area contributed by atoms with Gasteiger partial charge in [-0.3, -0.25) is 9.59 Å². The third kappa shape index (κ3) is 3.81. The molecular formula is C11H20N2O3. The molecule has 0 aromatic carbocycles. The second-order valence-corrected chi connectivity index (χ2v) is 4.12. The minimum atomic E-state index is -0.846. The van der Waals surface area contributed by atoms with E-state index in [9.17, 15) is 9.59 Å². The van der Waals surface area contributed by atoms with Crippen molar-refractivity contribution in [3.8, 4) is 0 Å². The Bertz CT molecular complexity index is 256. The van der Waals surface area contributed by atoms with E-state index in [-0.39, 0.29) is 18.4 Å². The Morgan fingerprint density at radius 3 is 3.00 bits per heavy atom. The van der Waals surface area contributed by atoms with Crippen LogP contribution in [0.5, 0.6) is 0 Å². The van der Waals surface area contributed by atoms with Gasteiger partial charge in [-0.05, 0) is 25.8 Å². The average Bonchev–Trinajstić information content (AvgIpc) is 2.40. The minimum absolute atomic E-state index is 0.0450. The molecule has 1 rings (SSSR count). The molecule has 0 aromatic rings. The predicted molar refractivity (Wildman–Crippen MR) is 60.1 cm³/mol. The van der Waals surface area contributed by atoms with Gasteiger partial charge in [-0.15, -0.1) is 0 Å². The van der Waals surface area contributed by atoms with E-state index >= 15 is 0 Å². The first-order chi connectivity index (χ1) is 7.65. The highest BCUT2D eigenvalue weighted by atomic mass is 16.4. The van der Waals surface area contributed by atoms with Crippen molar-refractivity contribution in [3.63, 3.8) is 0 Å². The van der Waals surface area contributed by atoms with Crippen LogP contribution in [0.3, 0.4) is 0 Å². The normalized spacial score (nSPS) is 21.9. The highest BCUT2D eigenvalue weighted by Gasteiger charge is 2.26. The summed E-state index contributed by atoms with van der Waals surface area (Å²) in [7, 11) is 0. The van der Waals surface area contributed by atoms with E-state index in [1.165, 1.54) is 0 Å². The molecule has 1 fully saturated rings. The molecule has 0 aromatic heterocycles. The van der Waals surface area contributed by atoms with Crippen LogP contribution in [-0.2, 0) is 9.59 Å². The zero-order valence-corrected chi connectivity index (χ0v) is 9.74. The topological polar surface area (TPSA) is 69.6 Å². The van der Waals surface area contributed by atoms with Crippen molar-refractivity contribution >= 4 is 11.9 Å². The van der Waals surface area contributed by atoms with Gasteiger partial charge in [0.05, 0.1) is 6.04 Å². The van der Waals surface area contributed by atoms with Crippen molar-refractivity contribution in [2.45, 2.75) is 38.6 Å².